The summed E-state index contributed by atoms with van der Waals surface area (Å²) in [6.45, 7) is 2.66. The summed E-state index contributed by atoms with van der Waals surface area (Å²) >= 11 is 1.97. The van der Waals surface area contributed by atoms with Gasteiger partial charge in [-0.25, -0.2) is 4.98 Å². The zero-order chi connectivity index (χ0) is 13.7. The quantitative estimate of drug-likeness (QED) is 0.889. The van der Waals surface area contributed by atoms with Crippen molar-refractivity contribution in [3.8, 4) is 0 Å². The highest BCUT2D eigenvalue weighted by Crippen LogP contribution is 2.24. The van der Waals surface area contributed by atoms with Crippen LogP contribution in [-0.4, -0.2) is 35.5 Å². The molecule has 4 nitrogen and oxygen atoms in total. The first-order chi connectivity index (χ1) is 9.19. The monoisotopic (exact) mass is 279 g/mol. The third kappa shape index (κ3) is 4.13. The third-order valence-electron chi connectivity index (χ3n) is 3.24. The van der Waals surface area contributed by atoms with Crippen molar-refractivity contribution in [1.82, 2.24) is 10.3 Å². The number of nitrogens with one attached hydrogen (secondary N) is 2. The first-order valence-electron chi connectivity index (χ1n) is 6.75. The lowest BCUT2D eigenvalue weighted by Crippen LogP contribution is -2.32. The van der Waals surface area contributed by atoms with Gasteiger partial charge in [0.05, 0.1) is 0 Å². The first kappa shape index (κ1) is 14.2. The minimum absolute atomic E-state index is 0.00632. The topological polar surface area (TPSA) is 54.0 Å². The summed E-state index contributed by atoms with van der Waals surface area (Å²) in [7, 11) is 1.81. The maximum absolute atomic E-state index is 12.1. The molecule has 0 spiro atoms. The Morgan fingerprint density at radius 3 is 3.00 bits per heavy atom. The molecule has 19 heavy (non-hydrogen) atoms. The maximum Gasteiger partial charge on any atom is 0.251 e. The Balaban J connectivity index is 1.93. The molecule has 1 aromatic heterocycles. The molecule has 0 radical (unpaired) electrons. The highest BCUT2D eigenvalue weighted by molar-refractivity contribution is 7.99. The van der Waals surface area contributed by atoms with Crippen LogP contribution in [0.25, 0.3) is 0 Å². The summed E-state index contributed by atoms with van der Waals surface area (Å²) < 4.78 is 0. The predicted octanol–water partition coefficient (Wildman–Crippen LogP) is 2.45. The number of anilines is 1. The molecular formula is C14H21N3OS. The largest absolute Gasteiger partial charge is 0.373 e. The van der Waals surface area contributed by atoms with Crippen LogP contribution in [-0.2, 0) is 0 Å². The Morgan fingerprint density at radius 1 is 1.47 bits per heavy atom. The Hall–Kier alpha value is -1.23. The van der Waals surface area contributed by atoms with Crippen molar-refractivity contribution < 1.29 is 4.79 Å². The van der Waals surface area contributed by atoms with Gasteiger partial charge in [-0.1, -0.05) is 6.42 Å². The van der Waals surface area contributed by atoms with Gasteiger partial charge in [-0.15, -0.1) is 0 Å². The van der Waals surface area contributed by atoms with Gasteiger partial charge in [0.25, 0.3) is 5.91 Å². The molecule has 2 rings (SSSR count). The average molecular weight is 279 g/mol. The van der Waals surface area contributed by atoms with Crippen molar-refractivity contribution in [3.05, 3.63) is 23.4 Å². The molecule has 0 bridgehead atoms. The third-order valence-corrected chi connectivity index (χ3v) is 4.63. The maximum atomic E-state index is 12.1. The number of hydrogen-bond acceptors (Lipinski definition) is 4. The summed E-state index contributed by atoms with van der Waals surface area (Å²) in [5, 5.41) is 6.58. The molecule has 5 heteroatoms. The Morgan fingerprint density at radius 2 is 2.32 bits per heavy atom. The fraction of sp³-hybridized carbons (Fsp3) is 0.571. The molecular weight excluding hydrogens is 258 g/mol. The van der Waals surface area contributed by atoms with Gasteiger partial charge in [0.2, 0.25) is 0 Å². The zero-order valence-corrected chi connectivity index (χ0v) is 12.3. The van der Waals surface area contributed by atoms with Gasteiger partial charge < -0.3 is 10.6 Å². The minimum atomic E-state index is -0.00632. The van der Waals surface area contributed by atoms with Crippen LogP contribution in [0.5, 0.6) is 0 Å². The van der Waals surface area contributed by atoms with Crippen LogP contribution in [0.1, 0.15) is 35.3 Å². The van der Waals surface area contributed by atoms with E-state index in [1.54, 1.807) is 6.07 Å². The van der Waals surface area contributed by atoms with Gasteiger partial charge in [-0.2, -0.15) is 11.8 Å². The molecule has 0 aromatic carbocycles. The molecule has 104 valence electrons. The summed E-state index contributed by atoms with van der Waals surface area (Å²) in [4.78, 5) is 16.4. The van der Waals surface area contributed by atoms with Crippen LogP contribution in [0.2, 0.25) is 0 Å². The van der Waals surface area contributed by atoms with Crippen LogP contribution in [0.3, 0.4) is 0 Å². The molecule has 2 heterocycles. The van der Waals surface area contributed by atoms with Crippen LogP contribution in [0.15, 0.2) is 12.1 Å². The highest BCUT2D eigenvalue weighted by atomic mass is 32.2. The molecule has 1 fully saturated rings. The summed E-state index contributed by atoms with van der Waals surface area (Å²) in [6, 6.07) is 3.61. The van der Waals surface area contributed by atoms with Gasteiger partial charge in [-0.3, -0.25) is 4.79 Å². The Kier molecular flexibility index (Phi) is 5.07. The Labute approximate surface area is 118 Å². The van der Waals surface area contributed by atoms with E-state index in [0.717, 1.165) is 18.1 Å². The standard InChI is InChI=1S/C14H21N3OS/c1-10-7-11(8-13(15-2)17-10)14(18)16-9-12-5-3-4-6-19-12/h7-8,12H,3-6,9H2,1-2H3,(H,15,17)(H,16,18). The molecule has 2 N–H and O–H groups in total. The summed E-state index contributed by atoms with van der Waals surface area (Å²) in [6.07, 6.45) is 3.80. The van der Waals surface area contributed by atoms with E-state index in [4.69, 9.17) is 0 Å². The summed E-state index contributed by atoms with van der Waals surface area (Å²) in [5.41, 5.74) is 1.53. The molecule has 1 aromatic rings. The number of rotatable bonds is 4. The number of pyridine rings is 1. The normalized spacial score (nSPS) is 18.9. The van der Waals surface area contributed by atoms with Crippen molar-refractivity contribution in [2.75, 3.05) is 24.7 Å². The molecule has 1 saturated heterocycles. The molecule has 1 amide bonds. The van der Waals surface area contributed by atoms with E-state index >= 15 is 0 Å². The number of carbonyl (C=O) groups excluding carboxylic acids is 1. The lowest BCUT2D eigenvalue weighted by Gasteiger charge is -2.21. The number of aryl methyl sites for hydroxylation is 1. The fourth-order valence-electron chi connectivity index (χ4n) is 2.20. The highest BCUT2D eigenvalue weighted by Gasteiger charge is 2.15. The van der Waals surface area contributed by atoms with Crippen LogP contribution in [0, 0.1) is 6.92 Å². The van der Waals surface area contributed by atoms with Gasteiger partial charge in [0, 0.05) is 30.1 Å². The molecule has 1 unspecified atom stereocenters. The zero-order valence-electron chi connectivity index (χ0n) is 11.5. The van der Waals surface area contributed by atoms with E-state index in [1.807, 2.05) is 31.8 Å². The molecule has 1 aliphatic heterocycles. The second-order valence-corrected chi connectivity index (χ2v) is 6.24. The van der Waals surface area contributed by atoms with Gasteiger partial charge >= 0.3 is 0 Å². The fourth-order valence-corrected chi connectivity index (χ4v) is 3.44. The molecule has 1 aliphatic rings. The second kappa shape index (κ2) is 6.80. The van der Waals surface area contributed by atoms with Crippen molar-refractivity contribution in [3.63, 3.8) is 0 Å². The number of amides is 1. The smallest absolute Gasteiger partial charge is 0.251 e. The van der Waals surface area contributed by atoms with Crippen molar-refractivity contribution >= 4 is 23.5 Å². The van der Waals surface area contributed by atoms with E-state index < -0.39 is 0 Å². The van der Waals surface area contributed by atoms with Crippen molar-refractivity contribution in [2.24, 2.45) is 0 Å². The van der Waals surface area contributed by atoms with Gasteiger partial charge in [0.15, 0.2) is 0 Å². The summed E-state index contributed by atoms with van der Waals surface area (Å²) in [5.74, 6) is 1.95. The van der Waals surface area contributed by atoms with Crippen LogP contribution >= 0.6 is 11.8 Å². The van der Waals surface area contributed by atoms with E-state index in [-0.39, 0.29) is 5.91 Å². The van der Waals surface area contributed by atoms with E-state index in [9.17, 15) is 4.79 Å². The van der Waals surface area contributed by atoms with Crippen molar-refractivity contribution in [1.29, 1.82) is 0 Å². The first-order valence-corrected chi connectivity index (χ1v) is 7.80. The van der Waals surface area contributed by atoms with Crippen LogP contribution in [0.4, 0.5) is 5.82 Å². The Bertz CT molecular complexity index is 444. The van der Waals surface area contributed by atoms with Gasteiger partial charge in [-0.05, 0) is 37.7 Å². The number of aromatic nitrogens is 1. The van der Waals surface area contributed by atoms with Gasteiger partial charge in [0.1, 0.15) is 5.82 Å². The van der Waals surface area contributed by atoms with E-state index in [1.165, 1.54) is 25.0 Å². The van der Waals surface area contributed by atoms with E-state index in [2.05, 4.69) is 15.6 Å². The van der Waals surface area contributed by atoms with E-state index in [0.29, 0.717) is 10.8 Å². The molecule has 0 saturated carbocycles. The SMILES string of the molecule is CNc1cc(C(=O)NCC2CCCCS2)cc(C)n1. The van der Waals surface area contributed by atoms with Crippen LogP contribution < -0.4 is 10.6 Å². The molecule has 1 atom stereocenters. The predicted molar refractivity (Wildman–Crippen MR) is 81.0 cm³/mol. The number of nitrogens with zero attached hydrogens (tertiary/aromatic N) is 1. The van der Waals surface area contributed by atoms with Crippen molar-refractivity contribution in [2.45, 2.75) is 31.4 Å². The number of carbonyl (C=O) groups is 1. The minimum Gasteiger partial charge on any atom is -0.373 e. The number of hydrogen-bond donors (Lipinski definition) is 2. The lowest BCUT2D eigenvalue weighted by atomic mass is 10.1. The average Bonchev–Trinajstić information content (AvgIpc) is 2.45. The number of thioether (sulfide) groups is 1. The second-order valence-electron chi connectivity index (χ2n) is 4.83. The lowest BCUT2D eigenvalue weighted by molar-refractivity contribution is 0.0953. The molecule has 0 aliphatic carbocycles.